The van der Waals surface area contributed by atoms with E-state index in [1.807, 2.05) is 60.7 Å². The minimum atomic E-state index is -0.112. The quantitative estimate of drug-likeness (QED) is 0.862. The molecule has 0 heterocycles. The molecular formula is C16H16N2O2S. The normalized spacial score (nSPS) is 9.90. The SMILES string of the molecule is O=C(CSCC(=O)Nc1ccccc1)Nc1ccccc1. The fraction of sp³-hybridized carbons (Fsp3) is 0.125. The molecule has 0 radical (unpaired) electrons. The van der Waals surface area contributed by atoms with E-state index in [4.69, 9.17) is 0 Å². The average Bonchev–Trinajstić information content (AvgIpc) is 2.49. The molecule has 0 aliphatic carbocycles. The lowest BCUT2D eigenvalue weighted by molar-refractivity contribution is -0.114. The van der Waals surface area contributed by atoms with Gasteiger partial charge in [0.15, 0.2) is 0 Å². The molecule has 2 rings (SSSR count). The van der Waals surface area contributed by atoms with Crippen LogP contribution in [0.4, 0.5) is 11.4 Å². The van der Waals surface area contributed by atoms with E-state index in [1.165, 1.54) is 11.8 Å². The van der Waals surface area contributed by atoms with E-state index in [9.17, 15) is 9.59 Å². The molecule has 0 unspecified atom stereocenters. The monoisotopic (exact) mass is 300 g/mol. The van der Waals surface area contributed by atoms with Crippen molar-refractivity contribution < 1.29 is 9.59 Å². The van der Waals surface area contributed by atoms with Crippen molar-refractivity contribution in [1.82, 2.24) is 0 Å². The fourth-order valence-corrected chi connectivity index (χ4v) is 2.29. The number of carbonyl (C=O) groups is 2. The number of anilines is 2. The van der Waals surface area contributed by atoms with Crippen LogP contribution in [0.5, 0.6) is 0 Å². The molecule has 0 aliphatic heterocycles. The third kappa shape index (κ3) is 5.71. The predicted molar refractivity (Wildman–Crippen MR) is 87.5 cm³/mol. The summed E-state index contributed by atoms with van der Waals surface area (Å²) in [5.74, 6) is 0.270. The molecule has 0 spiro atoms. The van der Waals surface area contributed by atoms with E-state index in [-0.39, 0.29) is 23.3 Å². The lowest BCUT2D eigenvalue weighted by Crippen LogP contribution is -2.18. The van der Waals surface area contributed by atoms with Gasteiger partial charge in [-0.3, -0.25) is 9.59 Å². The van der Waals surface area contributed by atoms with Crippen LogP contribution in [-0.2, 0) is 9.59 Å². The summed E-state index contributed by atoms with van der Waals surface area (Å²) >= 11 is 1.28. The van der Waals surface area contributed by atoms with Gasteiger partial charge in [0.1, 0.15) is 0 Å². The second kappa shape index (κ2) is 8.11. The van der Waals surface area contributed by atoms with E-state index >= 15 is 0 Å². The number of rotatable bonds is 6. The Bertz CT molecular complexity index is 534. The lowest BCUT2D eigenvalue weighted by Gasteiger charge is -2.06. The second-order valence-electron chi connectivity index (χ2n) is 4.32. The van der Waals surface area contributed by atoms with Crippen LogP contribution in [0.3, 0.4) is 0 Å². The Morgan fingerprint density at radius 2 is 1.10 bits per heavy atom. The molecule has 0 aliphatic rings. The summed E-state index contributed by atoms with van der Waals surface area (Å²) in [7, 11) is 0. The van der Waals surface area contributed by atoms with Crippen LogP contribution in [0.1, 0.15) is 0 Å². The molecule has 2 amide bonds. The first-order valence-electron chi connectivity index (χ1n) is 6.51. The van der Waals surface area contributed by atoms with Crippen molar-refractivity contribution in [2.75, 3.05) is 22.1 Å². The van der Waals surface area contributed by atoms with Crippen molar-refractivity contribution in [2.24, 2.45) is 0 Å². The smallest absolute Gasteiger partial charge is 0.234 e. The topological polar surface area (TPSA) is 58.2 Å². The van der Waals surface area contributed by atoms with Gasteiger partial charge < -0.3 is 10.6 Å². The highest BCUT2D eigenvalue weighted by atomic mass is 32.2. The van der Waals surface area contributed by atoms with Crippen molar-refractivity contribution in [3.8, 4) is 0 Å². The largest absolute Gasteiger partial charge is 0.325 e. The molecule has 2 aromatic carbocycles. The molecule has 0 atom stereocenters. The van der Waals surface area contributed by atoms with Gasteiger partial charge in [0.2, 0.25) is 11.8 Å². The van der Waals surface area contributed by atoms with Crippen LogP contribution < -0.4 is 10.6 Å². The summed E-state index contributed by atoms with van der Waals surface area (Å²) in [5.41, 5.74) is 1.52. The first-order chi connectivity index (χ1) is 10.2. The van der Waals surface area contributed by atoms with E-state index in [0.717, 1.165) is 11.4 Å². The number of nitrogens with one attached hydrogen (secondary N) is 2. The molecule has 0 bridgehead atoms. The zero-order chi connectivity index (χ0) is 14.9. The first kappa shape index (κ1) is 15.1. The molecule has 21 heavy (non-hydrogen) atoms. The van der Waals surface area contributed by atoms with Gasteiger partial charge in [0.25, 0.3) is 0 Å². The Kier molecular flexibility index (Phi) is 5.84. The van der Waals surface area contributed by atoms with Gasteiger partial charge >= 0.3 is 0 Å². The van der Waals surface area contributed by atoms with Crippen LogP contribution in [0, 0.1) is 0 Å². The van der Waals surface area contributed by atoms with Crippen LogP contribution in [0.15, 0.2) is 60.7 Å². The van der Waals surface area contributed by atoms with Gasteiger partial charge in [-0.15, -0.1) is 11.8 Å². The summed E-state index contributed by atoms with van der Waals surface area (Å²) < 4.78 is 0. The Hall–Kier alpha value is -2.27. The summed E-state index contributed by atoms with van der Waals surface area (Å²) in [5, 5.41) is 5.55. The molecule has 0 aromatic heterocycles. The fourth-order valence-electron chi connectivity index (χ4n) is 1.67. The zero-order valence-corrected chi connectivity index (χ0v) is 12.2. The maximum atomic E-state index is 11.7. The van der Waals surface area contributed by atoms with E-state index in [1.54, 1.807) is 0 Å². The van der Waals surface area contributed by atoms with E-state index < -0.39 is 0 Å². The van der Waals surface area contributed by atoms with Crippen LogP contribution in [0.2, 0.25) is 0 Å². The number of hydrogen-bond acceptors (Lipinski definition) is 3. The van der Waals surface area contributed by atoms with Gasteiger partial charge in [-0.1, -0.05) is 36.4 Å². The maximum Gasteiger partial charge on any atom is 0.234 e. The average molecular weight is 300 g/mol. The Labute approximate surface area is 127 Å². The van der Waals surface area contributed by atoms with E-state index in [0.29, 0.717) is 0 Å². The maximum absolute atomic E-state index is 11.7. The molecule has 2 aromatic rings. The van der Waals surface area contributed by atoms with Crippen molar-refractivity contribution in [3.05, 3.63) is 60.7 Å². The van der Waals surface area contributed by atoms with Crippen molar-refractivity contribution in [1.29, 1.82) is 0 Å². The van der Waals surface area contributed by atoms with E-state index in [2.05, 4.69) is 10.6 Å². The summed E-state index contributed by atoms with van der Waals surface area (Å²) in [6.07, 6.45) is 0. The number of carbonyl (C=O) groups excluding carboxylic acids is 2. The van der Waals surface area contributed by atoms with Crippen LogP contribution in [-0.4, -0.2) is 23.3 Å². The standard InChI is InChI=1S/C16H16N2O2S/c19-15(17-13-7-3-1-4-8-13)11-21-12-16(20)18-14-9-5-2-6-10-14/h1-10H,11-12H2,(H,17,19)(H,18,20). The third-order valence-corrected chi connectivity index (χ3v) is 3.51. The third-order valence-electron chi connectivity index (χ3n) is 2.58. The van der Waals surface area contributed by atoms with Crippen molar-refractivity contribution in [3.63, 3.8) is 0 Å². The van der Waals surface area contributed by atoms with Crippen molar-refractivity contribution in [2.45, 2.75) is 0 Å². The Balaban J connectivity index is 1.67. The van der Waals surface area contributed by atoms with Crippen molar-refractivity contribution >= 4 is 35.0 Å². The summed E-state index contributed by atoms with van der Waals surface area (Å²) in [4.78, 5) is 23.4. The van der Waals surface area contributed by atoms with Gasteiger partial charge in [0.05, 0.1) is 11.5 Å². The van der Waals surface area contributed by atoms with Gasteiger partial charge in [-0.05, 0) is 24.3 Å². The minimum Gasteiger partial charge on any atom is -0.325 e. The number of para-hydroxylation sites is 2. The summed E-state index contributed by atoms with van der Waals surface area (Å²) in [6.45, 7) is 0. The highest BCUT2D eigenvalue weighted by Gasteiger charge is 2.06. The second-order valence-corrected chi connectivity index (χ2v) is 5.31. The van der Waals surface area contributed by atoms with Gasteiger partial charge in [-0.2, -0.15) is 0 Å². The minimum absolute atomic E-state index is 0.112. The van der Waals surface area contributed by atoms with Gasteiger partial charge in [-0.25, -0.2) is 0 Å². The molecular weight excluding hydrogens is 284 g/mol. The number of benzene rings is 2. The molecule has 2 N–H and O–H groups in total. The molecule has 4 nitrogen and oxygen atoms in total. The molecule has 0 saturated carbocycles. The number of thioether (sulfide) groups is 1. The lowest BCUT2D eigenvalue weighted by atomic mass is 10.3. The zero-order valence-electron chi connectivity index (χ0n) is 11.4. The molecule has 0 saturated heterocycles. The molecule has 108 valence electrons. The first-order valence-corrected chi connectivity index (χ1v) is 7.67. The molecule has 5 heteroatoms. The van der Waals surface area contributed by atoms with Crippen LogP contribution in [0.25, 0.3) is 0 Å². The predicted octanol–water partition coefficient (Wildman–Crippen LogP) is 3.00. The number of amides is 2. The highest BCUT2D eigenvalue weighted by molar-refractivity contribution is 8.00. The van der Waals surface area contributed by atoms with Crippen LogP contribution >= 0.6 is 11.8 Å². The molecule has 0 fully saturated rings. The highest BCUT2D eigenvalue weighted by Crippen LogP contribution is 2.09. The Morgan fingerprint density at radius 1 is 0.714 bits per heavy atom. The summed E-state index contributed by atoms with van der Waals surface area (Å²) in [6, 6.07) is 18.5. The van der Waals surface area contributed by atoms with Gasteiger partial charge in [0, 0.05) is 11.4 Å². The Morgan fingerprint density at radius 3 is 1.48 bits per heavy atom. The number of hydrogen-bond donors (Lipinski definition) is 2.